The smallest absolute Gasteiger partial charge is 0.172 e. The van der Waals surface area contributed by atoms with Crippen molar-refractivity contribution in [2.24, 2.45) is 7.05 Å². The van der Waals surface area contributed by atoms with Crippen molar-refractivity contribution in [3.63, 3.8) is 0 Å². The highest BCUT2D eigenvalue weighted by molar-refractivity contribution is 7.99. The monoisotopic (exact) mass is 248 g/mol. The number of nitrogens with zero attached hydrogens (tertiary/aromatic N) is 2. The molecule has 2 aromatic rings. The summed E-state index contributed by atoms with van der Waals surface area (Å²) < 4.78 is 1.99. The first-order valence-electron chi connectivity index (χ1n) is 5.64. The van der Waals surface area contributed by atoms with Crippen LogP contribution in [0.25, 0.3) is 0 Å². The van der Waals surface area contributed by atoms with Crippen molar-refractivity contribution in [2.75, 3.05) is 0 Å². The van der Waals surface area contributed by atoms with Gasteiger partial charge in [0, 0.05) is 24.3 Å². The second-order valence-electron chi connectivity index (χ2n) is 3.92. The number of hydrogen-bond acceptors (Lipinski definition) is 3. The first-order chi connectivity index (χ1) is 8.20. The lowest BCUT2D eigenvalue weighted by Gasteiger charge is -2.08. The summed E-state index contributed by atoms with van der Waals surface area (Å²) in [7, 11) is 1.98. The zero-order valence-corrected chi connectivity index (χ0v) is 10.8. The van der Waals surface area contributed by atoms with Gasteiger partial charge in [0.1, 0.15) is 0 Å². The molecule has 17 heavy (non-hydrogen) atoms. The van der Waals surface area contributed by atoms with E-state index in [1.165, 1.54) is 0 Å². The van der Waals surface area contributed by atoms with Crippen molar-refractivity contribution in [1.29, 1.82) is 0 Å². The minimum absolute atomic E-state index is 0.359. The first-order valence-corrected chi connectivity index (χ1v) is 6.45. The summed E-state index contributed by atoms with van der Waals surface area (Å²) in [5.74, 6) is 0. The number of aliphatic hydroxyl groups is 1. The van der Waals surface area contributed by atoms with Crippen LogP contribution in [0.4, 0.5) is 0 Å². The molecular weight excluding hydrogens is 232 g/mol. The zero-order chi connectivity index (χ0) is 12.3. The van der Waals surface area contributed by atoms with E-state index < -0.39 is 0 Å². The summed E-state index contributed by atoms with van der Waals surface area (Å²) in [6, 6.07) is 7.99. The topological polar surface area (TPSA) is 38.1 Å². The van der Waals surface area contributed by atoms with E-state index in [4.69, 9.17) is 0 Å². The van der Waals surface area contributed by atoms with Gasteiger partial charge < -0.3 is 9.67 Å². The molecule has 0 aliphatic heterocycles. The van der Waals surface area contributed by atoms with Crippen LogP contribution in [0.1, 0.15) is 25.0 Å². The van der Waals surface area contributed by atoms with Gasteiger partial charge in [0.15, 0.2) is 5.16 Å². The largest absolute Gasteiger partial charge is 0.388 e. The molecule has 0 aliphatic carbocycles. The standard InChI is InChI=1S/C13H16N2OS/c1-3-12(16)10-4-6-11(7-5-10)17-13-14-8-9-15(13)2/h4-9,12,16H,3H2,1-2H3/t12-/m0/s1. The Balaban J connectivity index is 2.11. The van der Waals surface area contributed by atoms with Crippen LogP contribution in [0.3, 0.4) is 0 Å². The molecule has 2 rings (SSSR count). The molecule has 90 valence electrons. The Morgan fingerprint density at radius 1 is 1.35 bits per heavy atom. The highest BCUT2D eigenvalue weighted by atomic mass is 32.2. The fourth-order valence-corrected chi connectivity index (χ4v) is 2.35. The molecule has 4 heteroatoms. The third kappa shape index (κ3) is 2.90. The van der Waals surface area contributed by atoms with Crippen molar-refractivity contribution < 1.29 is 5.11 Å². The predicted molar refractivity (Wildman–Crippen MR) is 69.0 cm³/mol. The summed E-state index contributed by atoms with van der Waals surface area (Å²) in [5.41, 5.74) is 0.969. The molecule has 0 amide bonds. The third-order valence-electron chi connectivity index (χ3n) is 2.64. The lowest BCUT2D eigenvalue weighted by molar-refractivity contribution is 0.173. The molecular formula is C13H16N2OS. The van der Waals surface area contributed by atoms with Crippen molar-refractivity contribution >= 4 is 11.8 Å². The molecule has 1 aromatic carbocycles. The Kier molecular flexibility index (Phi) is 3.86. The summed E-state index contributed by atoms with van der Waals surface area (Å²) in [5, 5.41) is 10.7. The van der Waals surface area contributed by atoms with E-state index in [1.807, 2.05) is 49.0 Å². The van der Waals surface area contributed by atoms with E-state index >= 15 is 0 Å². The predicted octanol–water partition coefficient (Wildman–Crippen LogP) is 3.01. The third-order valence-corrected chi connectivity index (χ3v) is 3.72. The van der Waals surface area contributed by atoms with E-state index in [9.17, 15) is 5.11 Å². The van der Waals surface area contributed by atoms with E-state index in [2.05, 4.69) is 4.98 Å². The van der Waals surface area contributed by atoms with E-state index in [1.54, 1.807) is 18.0 Å². The molecule has 1 heterocycles. The van der Waals surface area contributed by atoms with Gasteiger partial charge in [-0.2, -0.15) is 0 Å². The fourth-order valence-electron chi connectivity index (χ4n) is 1.55. The van der Waals surface area contributed by atoms with Crippen molar-refractivity contribution in [3.05, 3.63) is 42.2 Å². The fraction of sp³-hybridized carbons (Fsp3) is 0.308. The van der Waals surface area contributed by atoms with Gasteiger partial charge in [0.05, 0.1) is 6.10 Å². The van der Waals surface area contributed by atoms with Crippen molar-refractivity contribution in [2.45, 2.75) is 29.5 Å². The minimum atomic E-state index is -0.359. The second kappa shape index (κ2) is 5.38. The number of aromatic nitrogens is 2. The maximum atomic E-state index is 9.70. The van der Waals surface area contributed by atoms with Crippen LogP contribution in [0, 0.1) is 0 Å². The quantitative estimate of drug-likeness (QED) is 0.904. The molecule has 0 bridgehead atoms. The van der Waals surface area contributed by atoms with Crippen LogP contribution in [0.5, 0.6) is 0 Å². The van der Waals surface area contributed by atoms with E-state index in [0.717, 1.165) is 22.0 Å². The Hall–Kier alpha value is -1.26. The van der Waals surface area contributed by atoms with Crippen LogP contribution >= 0.6 is 11.8 Å². The molecule has 0 spiro atoms. The number of aryl methyl sites for hydroxylation is 1. The average molecular weight is 248 g/mol. The molecule has 1 atom stereocenters. The summed E-state index contributed by atoms with van der Waals surface area (Å²) in [4.78, 5) is 5.39. The second-order valence-corrected chi connectivity index (χ2v) is 4.96. The van der Waals surface area contributed by atoms with Gasteiger partial charge in [-0.05, 0) is 24.1 Å². The molecule has 0 fully saturated rings. The first kappa shape index (κ1) is 12.2. The normalized spacial score (nSPS) is 12.6. The van der Waals surface area contributed by atoms with Crippen molar-refractivity contribution in [3.8, 4) is 0 Å². The van der Waals surface area contributed by atoms with Crippen LogP contribution in [-0.4, -0.2) is 14.7 Å². The van der Waals surface area contributed by atoms with Gasteiger partial charge in [-0.3, -0.25) is 0 Å². The highest BCUT2D eigenvalue weighted by Gasteiger charge is 2.06. The molecule has 1 aromatic heterocycles. The van der Waals surface area contributed by atoms with Gasteiger partial charge in [-0.15, -0.1) is 0 Å². The number of benzene rings is 1. The number of rotatable bonds is 4. The molecule has 0 radical (unpaired) electrons. The summed E-state index contributed by atoms with van der Waals surface area (Å²) in [6.45, 7) is 1.97. The lowest BCUT2D eigenvalue weighted by Crippen LogP contribution is -1.94. The van der Waals surface area contributed by atoms with Gasteiger partial charge in [0.25, 0.3) is 0 Å². The van der Waals surface area contributed by atoms with E-state index in [-0.39, 0.29) is 6.10 Å². The average Bonchev–Trinajstić information content (AvgIpc) is 2.75. The van der Waals surface area contributed by atoms with Crippen LogP contribution in [0.2, 0.25) is 0 Å². The van der Waals surface area contributed by atoms with Crippen LogP contribution < -0.4 is 0 Å². The van der Waals surface area contributed by atoms with Gasteiger partial charge in [0.2, 0.25) is 0 Å². The molecule has 0 unspecified atom stereocenters. The minimum Gasteiger partial charge on any atom is -0.388 e. The van der Waals surface area contributed by atoms with E-state index in [0.29, 0.717) is 0 Å². The van der Waals surface area contributed by atoms with Gasteiger partial charge in [-0.25, -0.2) is 4.98 Å². The summed E-state index contributed by atoms with van der Waals surface area (Å²) in [6.07, 6.45) is 4.10. The Bertz CT molecular complexity index is 478. The van der Waals surface area contributed by atoms with Gasteiger partial charge in [-0.1, -0.05) is 30.8 Å². The zero-order valence-electron chi connectivity index (χ0n) is 10.00. The Morgan fingerprint density at radius 2 is 2.06 bits per heavy atom. The highest BCUT2D eigenvalue weighted by Crippen LogP contribution is 2.27. The van der Waals surface area contributed by atoms with Crippen LogP contribution in [-0.2, 0) is 7.05 Å². The molecule has 0 aliphatic rings. The molecule has 3 nitrogen and oxygen atoms in total. The molecule has 1 N–H and O–H groups in total. The molecule has 0 saturated heterocycles. The summed E-state index contributed by atoms with van der Waals surface area (Å²) >= 11 is 1.62. The Morgan fingerprint density at radius 3 is 2.59 bits per heavy atom. The van der Waals surface area contributed by atoms with Crippen molar-refractivity contribution in [1.82, 2.24) is 9.55 Å². The number of hydrogen-bond donors (Lipinski definition) is 1. The van der Waals surface area contributed by atoms with Crippen LogP contribution in [0.15, 0.2) is 46.7 Å². The maximum Gasteiger partial charge on any atom is 0.172 e. The lowest BCUT2D eigenvalue weighted by atomic mass is 10.1. The number of aliphatic hydroxyl groups excluding tert-OH is 1. The SMILES string of the molecule is CC[C@H](O)c1ccc(Sc2nccn2C)cc1. The molecule has 0 saturated carbocycles. The number of imidazole rings is 1. The maximum absolute atomic E-state index is 9.70. The van der Waals surface area contributed by atoms with Gasteiger partial charge >= 0.3 is 0 Å². The Labute approximate surface area is 106 Å².